The standard InChI is InChI=1S/C15H13N5O/c16-7-5-9-1-3-10(4-2-9)20-13(12(17)15(20)21)11-6-8-19-14(11)18/h1-4,6,8,19H,5,17-18H2. The summed E-state index contributed by atoms with van der Waals surface area (Å²) in [7, 11) is 0. The normalized spacial score (nSPS) is 14.0. The monoisotopic (exact) mass is 279 g/mol. The second-order valence-corrected chi connectivity index (χ2v) is 4.71. The van der Waals surface area contributed by atoms with Crippen LogP contribution in [-0.4, -0.2) is 10.9 Å². The van der Waals surface area contributed by atoms with E-state index in [2.05, 4.69) is 11.1 Å². The van der Waals surface area contributed by atoms with Gasteiger partial charge in [0.05, 0.1) is 18.2 Å². The fourth-order valence-electron chi connectivity index (χ4n) is 2.35. The number of aromatic nitrogens is 1. The Morgan fingerprint density at radius 3 is 2.48 bits per heavy atom. The highest BCUT2D eigenvalue weighted by molar-refractivity contribution is 6.27. The lowest BCUT2D eigenvalue weighted by molar-refractivity contribution is -0.115. The first-order valence-electron chi connectivity index (χ1n) is 6.37. The van der Waals surface area contributed by atoms with Gasteiger partial charge in [-0.05, 0) is 23.8 Å². The van der Waals surface area contributed by atoms with Crippen molar-refractivity contribution in [2.75, 3.05) is 10.6 Å². The first-order valence-corrected chi connectivity index (χ1v) is 6.37. The number of anilines is 2. The highest BCUT2D eigenvalue weighted by Crippen LogP contribution is 2.38. The number of carbonyl (C=O) groups is 1. The molecule has 0 aliphatic carbocycles. The van der Waals surface area contributed by atoms with Crippen molar-refractivity contribution in [2.45, 2.75) is 6.42 Å². The van der Waals surface area contributed by atoms with E-state index in [9.17, 15) is 4.79 Å². The summed E-state index contributed by atoms with van der Waals surface area (Å²) >= 11 is 0. The lowest BCUT2D eigenvalue weighted by atomic mass is 10.0. The molecule has 1 aliphatic rings. The van der Waals surface area contributed by atoms with Crippen molar-refractivity contribution in [2.24, 2.45) is 5.73 Å². The summed E-state index contributed by atoms with van der Waals surface area (Å²) in [6.45, 7) is 0. The number of nitrogens with one attached hydrogen (secondary N) is 1. The number of aromatic amines is 1. The third-order valence-corrected chi connectivity index (χ3v) is 3.42. The molecule has 104 valence electrons. The van der Waals surface area contributed by atoms with Crippen LogP contribution in [0.25, 0.3) is 5.70 Å². The smallest absolute Gasteiger partial charge is 0.280 e. The minimum absolute atomic E-state index is 0.197. The number of benzene rings is 1. The van der Waals surface area contributed by atoms with E-state index >= 15 is 0 Å². The van der Waals surface area contributed by atoms with Crippen LogP contribution in [0.4, 0.5) is 11.5 Å². The molecule has 0 atom stereocenters. The summed E-state index contributed by atoms with van der Waals surface area (Å²) in [6.07, 6.45) is 2.03. The van der Waals surface area contributed by atoms with Crippen molar-refractivity contribution in [3.05, 3.63) is 53.4 Å². The number of nitrogens with two attached hydrogens (primary N) is 2. The summed E-state index contributed by atoms with van der Waals surface area (Å²) in [5.41, 5.74) is 14.8. The predicted octanol–water partition coefficient (Wildman–Crippen LogP) is 1.34. The topological polar surface area (TPSA) is 112 Å². The molecule has 2 aromatic rings. The quantitative estimate of drug-likeness (QED) is 0.786. The Labute approximate surface area is 121 Å². The summed E-state index contributed by atoms with van der Waals surface area (Å²) in [6, 6.07) is 11.1. The molecule has 2 heterocycles. The highest BCUT2D eigenvalue weighted by Gasteiger charge is 2.37. The van der Waals surface area contributed by atoms with Crippen LogP contribution in [0.3, 0.4) is 0 Å². The van der Waals surface area contributed by atoms with Gasteiger partial charge < -0.3 is 16.5 Å². The van der Waals surface area contributed by atoms with E-state index in [0.717, 1.165) is 5.56 Å². The zero-order chi connectivity index (χ0) is 15.0. The lowest BCUT2D eigenvalue weighted by Crippen LogP contribution is -2.44. The molecule has 3 rings (SSSR count). The third-order valence-electron chi connectivity index (χ3n) is 3.42. The maximum absolute atomic E-state index is 12.0. The van der Waals surface area contributed by atoms with Crippen molar-refractivity contribution in [1.82, 2.24) is 4.98 Å². The molecule has 0 spiro atoms. The molecule has 0 saturated carbocycles. The van der Waals surface area contributed by atoms with Crippen LogP contribution in [0.5, 0.6) is 0 Å². The van der Waals surface area contributed by atoms with E-state index in [1.54, 1.807) is 24.4 Å². The van der Waals surface area contributed by atoms with Gasteiger partial charge in [-0.15, -0.1) is 0 Å². The van der Waals surface area contributed by atoms with E-state index in [-0.39, 0.29) is 11.6 Å². The molecule has 6 nitrogen and oxygen atoms in total. The molecular formula is C15H13N5O. The van der Waals surface area contributed by atoms with Crippen LogP contribution >= 0.6 is 0 Å². The zero-order valence-electron chi connectivity index (χ0n) is 11.1. The summed E-state index contributed by atoms with van der Waals surface area (Å²) < 4.78 is 0. The number of hydrogen-bond donors (Lipinski definition) is 3. The molecule has 1 aromatic heterocycles. The Hall–Kier alpha value is -3.20. The fraction of sp³-hybridized carbons (Fsp3) is 0.0667. The summed E-state index contributed by atoms with van der Waals surface area (Å²) in [5.74, 6) is 0.213. The molecule has 1 aromatic carbocycles. The Bertz CT molecular complexity index is 779. The van der Waals surface area contributed by atoms with Gasteiger partial charge in [0.2, 0.25) is 0 Å². The fourth-order valence-corrected chi connectivity index (χ4v) is 2.35. The van der Waals surface area contributed by atoms with Gasteiger partial charge in [-0.3, -0.25) is 9.69 Å². The van der Waals surface area contributed by atoms with Crippen LogP contribution in [0.1, 0.15) is 11.1 Å². The minimum Gasteiger partial charge on any atom is -0.393 e. The van der Waals surface area contributed by atoms with Crippen molar-refractivity contribution >= 4 is 23.1 Å². The van der Waals surface area contributed by atoms with E-state index < -0.39 is 0 Å². The van der Waals surface area contributed by atoms with Gasteiger partial charge in [0.1, 0.15) is 11.5 Å². The largest absolute Gasteiger partial charge is 0.393 e. The van der Waals surface area contributed by atoms with Crippen LogP contribution in [0.15, 0.2) is 42.2 Å². The average molecular weight is 279 g/mol. The molecule has 1 aliphatic heterocycles. The molecular weight excluding hydrogens is 266 g/mol. The van der Waals surface area contributed by atoms with Gasteiger partial charge in [-0.1, -0.05) is 12.1 Å². The molecule has 0 fully saturated rings. The maximum atomic E-state index is 12.0. The number of amides is 1. The molecule has 6 heteroatoms. The first kappa shape index (κ1) is 12.8. The van der Waals surface area contributed by atoms with Crippen LogP contribution < -0.4 is 16.4 Å². The van der Waals surface area contributed by atoms with Crippen molar-refractivity contribution in [3.63, 3.8) is 0 Å². The zero-order valence-corrected chi connectivity index (χ0v) is 11.1. The second kappa shape index (κ2) is 4.72. The number of nitrogen functional groups attached to an aromatic ring is 1. The summed E-state index contributed by atoms with van der Waals surface area (Å²) in [4.78, 5) is 16.4. The summed E-state index contributed by atoms with van der Waals surface area (Å²) in [5, 5.41) is 8.67. The Kier molecular flexibility index (Phi) is 2.88. The van der Waals surface area contributed by atoms with Gasteiger partial charge >= 0.3 is 0 Å². The van der Waals surface area contributed by atoms with E-state index in [1.807, 2.05) is 12.1 Å². The third kappa shape index (κ3) is 1.92. The average Bonchev–Trinajstić information content (AvgIpc) is 2.90. The second-order valence-electron chi connectivity index (χ2n) is 4.71. The lowest BCUT2D eigenvalue weighted by Gasteiger charge is -2.34. The van der Waals surface area contributed by atoms with E-state index in [1.165, 1.54) is 4.90 Å². The Balaban J connectivity index is 1.98. The number of rotatable bonds is 3. The Morgan fingerprint density at radius 2 is 1.90 bits per heavy atom. The SMILES string of the molecule is N#CCc1ccc(N2C(=O)C(N)=C2c2cc[nH]c2N)cc1. The molecule has 0 saturated heterocycles. The number of carbonyl (C=O) groups excluding carboxylic acids is 1. The van der Waals surface area contributed by atoms with Gasteiger partial charge in [0.25, 0.3) is 5.91 Å². The predicted molar refractivity (Wildman–Crippen MR) is 79.6 cm³/mol. The van der Waals surface area contributed by atoms with Crippen molar-refractivity contribution in [3.8, 4) is 6.07 Å². The number of H-pyrrole nitrogens is 1. The first-order chi connectivity index (χ1) is 10.1. The molecule has 0 radical (unpaired) electrons. The van der Waals surface area contributed by atoms with E-state index in [0.29, 0.717) is 29.2 Å². The van der Waals surface area contributed by atoms with Crippen LogP contribution in [0, 0.1) is 11.3 Å². The molecule has 21 heavy (non-hydrogen) atoms. The van der Waals surface area contributed by atoms with Gasteiger partial charge in [0.15, 0.2) is 0 Å². The minimum atomic E-state index is -0.251. The molecule has 0 bridgehead atoms. The van der Waals surface area contributed by atoms with Gasteiger partial charge in [-0.2, -0.15) is 5.26 Å². The molecule has 5 N–H and O–H groups in total. The van der Waals surface area contributed by atoms with Crippen LogP contribution in [0.2, 0.25) is 0 Å². The maximum Gasteiger partial charge on any atom is 0.280 e. The highest BCUT2D eigenvalue weighted by atomic mass is 16.2. The van der Waals surface area contributed by atoms with Gasteiger partial charge in [0, 0.05) is 17.4 Å². The molecule has 0 unspecified atom stereocenters. The van der Waals surface area contributed by atoms with Gasteiger partial charge in [-0.25, -0.2) is 0 Å². The van der Waals surface area contributed by atoms with Crippen LogP contribution in [-0.2, 0) is 11.2 Å². The number of nitrogens with zero attached hydrogens (tertiary/aromatic N) is 2. The van der Waals surface area contributed by atoms with Crippen molar-refractivity contribution in [1.29, 1.82) is 5.26 Å². The number of nitriles is 1. The number of hydrogen-bond acceptors (Lipinski definition) is 4. The van der Waals surface area contributed by atoms with E-state index in [4.69, 9.17) is 16.7 Å². The van der Waals surface area contributed by atoms with Crippen molar-refractivity contribution < 1.29 is 4.79 Å². The molecule has 1 amide bonds. The Morgan fingerprint density at radius 1 is 1.19 bits per heavy atom.